The zero-order chi connectivity index (χ0) is 41.0. The number of alkyl carbamates (subject to hydrolysis) is 1. The quantitative estimate of drug-likeness (QED) is 0.0405. The lowest BCUT2D eigenvalue weighted by atomic mass is 10.0. The van der Waals surface area contributed by atoms with E-state index in [1.807, 2.05) is 23.5 Å². The van der Waals surface area contributed by atoms with Gasteiger partial charge in [0, 0.05) is 47.9 Å². The number of unbranched alkanes of at least 4 members (excludes halogenated alkanes) is 2. The van der Waals surface area contributed by atoms with Crippen LogP contribution in [0.5, 0.6) is 0 Å². The number of carbonyl (C=O) groups is 5. The molecule has 0 saturated carbocycles. The van der Waals surface area contributed by atoms with Crippen LogP contribution >= 0.6 is 23.5 Å². The van der Waals surface area contributed by atoms with Gasteiger partial charge in [0.05, 0.1) is 89.1 Å². The average molecular weight is 847 g/mol. The maximum Gasteiger partial charge on any atom is 0.407 e. The first kappa shape index (κ1) is 46.9. The number of carbonyl (C=O) groups excluding carboxylic acids is 5. The van der Waals surface area contributed by atoms with E-state index >= 15 is 0 Å². The number of fused-ring (bicyclic) bond motifs is 2. The van der Waals surface area contributed by atoms with Crippen molar-refractivity contribution < 1.29 is 47.7 Å². The number of hydrogen-bond donors (Lipinski definition) is 8. The van der Waals surface area contributed by atoms with E-state index in [0.717, 1.165) is 37.2 Å². The molecule has 8 atom stereocenters. The molecule has 0 radical (unpaired) electrons. The van der Waals surface area contributed by atoms with E-state index in [4.69, 9.17) is 29.4 Å². The Labute approximate surface area is 345 Å². The average Bonchev–Trinajstić information content (AvgIpc) is 3.91. The van der Waals surface area contributed by atoms with Gasteiger partial charge in [0.1, 0.15) is 5.60 Å². The van der Waals surface area contributed by atoms with Gasteiger partial charge in [-0.1, -0.05) is 12.8 Å². The van der Waals surface area contributed by atoms with E-state index in [1.54, 1.807) is 20.8 Å². The summed E-state index contributed by atoms with van der Waals surface area (Å²) in [5, 5.41) is 21.4. The molecule has 2 unspecified atom stereocenters. The van der Waals surface area contributed by atoms with Crippen LogP contribution in [0.1, 0.15) is 72.1 Å². The van der Waals surface area contributed by atoms with Crippen LogP contribution in [0.15, 0.2) is 0 Å². The molecule has 9 N–H and O–H groups in total. The van der Waals surface area contributed by atoms with Crippen molar-refractivity contribution in [3.05, 3.63) is 0 Å². The highest BCUT2D eigenvalue weighted by atomic mass is 32.2. The number of thioether (sulfide) groups is 2. The van der Waals surface area contributed by atoms with E-state index in [0.29, 0.717) is 55.9 Å². The van der Waals surface area contributed by atoms with E-state index in [-0.39, 0.29) is 94.2 Å². The van der Waals surface area contributed by atoms with Crippen LogP contribution in [0.3, 0.4) is 0 Å². The van der Waals surface area contributed by atoms with Gasteiger partial charge in [-0.3, -0.25) is 9.59 Å². The minimum Gasteiger partial charge on any atom is -0.444 e. The Balaban J connectivity index is 1.26. The third-order valence-electron chi connectivity index (χ3n) is 9.86. The zero-order valence-electron chi connectivity index (χ0n) is 33.7. The molecular weight excluding hydrogens is 781 g/mol. The van der Waals surface area contributed by atoms with E-state index in [9.17, 15) is 24.0 Å². The monoisotopic (exact) mass is 846 g/mol. The molecule has 18 nitrogen and oxygen atoms in total. The summed E-state index contributed by atoms with van der Waals surface area (Å²) >= 11 is 3.70. The summed E-state index contributed by atoms with van der Waals surface area (Å²) < 4.78 is 28.2. The first-order valence-corrected chi connectivity index (χ1v) is 22.5. The van der Waals surface area contributed by atoms with Crippen molar-refractivity contribution in [1.29, 1.82) is 0 Å². The van der Waals surface area contributed by atoms with Crippen LogP contribution < -0.4 is 43.0 Å². The Morgan fingerprint density at radius 2 is 1.18 bits per heavy atom. The summed E-state index contributed by atoms with van der Waals surface area (Å²) in [4.78, 5) is 62.1. The fourth-order valence-electron chi connectivity index (χ4n) is 7.11. The Bertz CT molecular complexity index is 1280. The first-order valence-electron chi connectivity index (χ1n) is 20.4. The standard InChI is InChI=1S/C37H66N8O10S2/c1-37(2,3)55-36(50)39-13-15-52-17-19-54-21-25(41-31(47)11-7-5-9-29-33-27(23-57-29)43-35(49)45-33)24(20-53-18-16-51-14-12-38)40-30(46)10-6-4-8-28-32-26(22-56-28)42-34(48)44-32/h24-29,32-33H,4-23,38H2,1-3H3,(H,39,50)(H,40,46)(H,41,47)(H2,42,44,48)(H2,43,45,49)/t24?,25?,26-,27-,28-,29-,32-,33-/m0/s1. The van der Waals surface area contributed by atoms with Gasteiger partial charge in [-0.15, -0.1) is 0 Å². The number of urea groups is 2. The molecule has 326 valence electrons. The number of amides is 7. The normalized spacial score (nSPS) is 24.7. The maximum absolute atomic E-state index is 13.4. The molecule has 57 heavy (non-hydrogen) atoms. The highest BCUT2D eigenvalue weighted by Gasteiger charge is 2.43. The molecule has 20 heteroatoms. The lowest BCUT2D eigenvalue weighted by Gasteiger charge is -2.29. The predicted octanol–water partition coefficient (Wildman–Crippen LogP) is 0.957. The number of nitrogens with two attached hydrogens (primary N) is 1. The molecule has 4 aliphatic heterocycles. The van der Waals surface area contributed by atoms with Crippen LogP contribution in [-0.2, 0) is 33.3 Å². The highest BCUT2D eigenvalue weighted by molar-refractivity contribution is 8.00. The number of nitrogens with one attached hydrogen (secondary N) is 7. The van der Waals surface area contributed by atoms with E-state index in [2.05, 4.69) is 37.2 Å². The summed E-state index contributed by atoms with van der Waals surface area (Å²) in [5.74, 6) is 1.46. The SMILES string of the molecule is CC(C)(C)OC(=O)NCCOCCOCC(NC(=O)CCCC[C@@H]1SC[C@@H]2NC(=O)N[C@@H]21)C(COCCOCCN)NC(=O)CCCC[C@@H]1SC[C@@H]2NC(=O)N[C@@H]21. The van der Waals surface area contributed by atoms with Gasteiger partial charge in [0.25, 0.3) is 0 Å². The molecule has 0 bridgehead atoms. The number of ether oxygens (including phenoxy) is 5. The molecule has 0 spiro atoms. The fourth-order valence-corrected chi connectivity index (χ4v) is 10.2. The van der Waals surface area contributed by atoms with Crippen molar-refractivity contribution in [3.63, 3.8) is 0 Å². The van der Waals surface area contributed by atoms with Crippen LogP contribution in [0.25, 0.3) is 0 Å². The number of hydrogen-bond acceptors (Lipinski definition) is 13. The summed E-state index contributed by atoms with van der Waals surface area (Å²) in [7, 11) is 0. The van der Waals surface area contributed by atoms with Gasteiger partial charge in [0.15, 0.2) is 0 Å². The van der Waals surface area contributed by atoms with Crippen LogP contribution in [0, 0.1) is 0 Å². The summed E-state index contributed by atoms with van der Waals surface area (Å²) in [6.07, 6.45) is 4.90. The highest BCUT2D eigenvalue weighted by Crippen LogP contribution is 2.34. The lowest BCUT2D eigenvalue weighted by molar-refractivity contribution is -0.126. The van der Waals surface area contributed by atoms with E-state index < -0.39 is 23.8 Å². The molecule has 0 aromatic carbocycles. The third kappa shape index (κ3) is 17.6. The largest absolute Gasteiger partial charge is 0.444 e. The smallest absolute Gasteiger partial charge is 0.407 e. The van der Waals surface area contributed by atoms with Crippen LogP contribution in [0.4, 0.5) is 14.4 Å². The molecule has 4 fully saturated rings. The van der Waals surface area contributed by atoms with E-state index in [1.165, 1.54) is 0 Å². The van der Waals surface area contributed by atoms with Crippen molar-refractivity contribution in [3.8, 4) is 0 Å². The van der Waals surface area contributed by atoms with Crippen molar-refractivity contribution in [2.45, 2.75) is 124 Å². The molecule has 0 aliphatic carbocycles. The molecule has 0 aromatic heterocycles. The molecule has 4 rings (SSSR count). The third-order valence-corrected chi connectivity index (χ3v) is 12.9. The van der Waals surface area contributed by atoms with Gasteiger partial charge >= 0.3 is 18.2 Å². The van der Waals surface area contributed by atoms with Crippen molar-refractivity contribution in [1.82, 2.24) is 37.2 Å². The second kappa shape index (κ2) is 25.0. The molecule has 4 aliphatic rings. The second-order valence-electron chi connectivity index (χ2n) is 15.7. The predicted molar refractivity (Wildman–Crippen MR) is 218 cm³/mol. The molecule has 0 aromatic rings. The van der Waals surface area contributed by atoms with Gasteiger partial charge in [-0.25, -0.2) is 14.4 Å². The van der Waals surface area contributed by atoms with Crippen LogP contribution in [0.2, 0.25) is 0 Å². The summed E-state index contributed by atoms with van der Waals surface area (Å²) in [5.41, 5.74) is 4.94. The first-order chi connectivity index (χ1) is 27.4. The molecule has 4 saturated heterocycles. The van der Waals surface area contributed by atoms with Crippen LogP contribution in [-0.4, -0.2) is 160 Å². The number of rotatable bonds is 28. The minimum atomic E-state index is -0.600. The van der Waals surface area contributed by atoms with Gasteiger partial charge in [0.2, 0.25) is 11.8 Å². The maximum atomic E-state index is 13.4. The Kier molecular flexibility index (Phi) is 20.6. The Morgan fingerprint density at radius 3 is 1.65 bits per heavy atom. The Morgan fingerprint density at radius 1 is 0.702 bits per heavy atom. The Hall–Kier alpha value is -2.75. The van der Waals surface area contributed by atoms with Crippen molar-refractivity contribution in [2.75, 3.05) is 77.5 Å². The van der Waals surface area contributed by atoms with Crippen molar-refractivity contribution in [2.24, 2.45) is 5.73 Å². The summed E-state index contributed by atoms with van der Waals surface area (Å²) in [6.45, 7) is 8.02. The summed E-state index contributed by atoms with van der Waals surface area (Å²) in [6, 6.07) is -0.859. The fraction of sp³-hybridized carbons (Fsp3) is 0.865. The second-order valence-corrected chi connectivity index (χ2v) is 18.2. The minimum absolute atomic E-state index is 0.0962. The lowest BCUT2D eigenvalue weighted by Crippen LogP contribution is -2.56. The topological polar surface area (TPSA) is 242 Å². The van der Waals surface area contributed by atoms with Gasteiger partial charge < -0.3 is 66.6 Å². The van der Waals surface area contributed by atoms with Crippen molar-refractivity contribution >= 4 is 53.5 Å². The molecule has 7 amide bonds. The molecule has 4 heterocycles. The van der Waals surface area contributed by atoms with Gasteiger partial charge in [-0.2, -0.15) is 23.5 Å². The van der Waals surface area contributed by atoms with Gasteiger partial charge in [-0.05, 0) is 46.5 Å². The molecular formula is C37H66N8O10S2. The zero-order valence-corrected chi connectivity index (χ0v) is 35.4.